The van der Waals surface area contributed by atoms with E-state index in [4.69, 9.17) is 4.74 Å². The van der Waals surface area contributed by atoms with Gasteiger partial charge in [-0.15, -0.1) is 13.2 Å². The van der Waals surface area contributed by atoms with Gasteiger partial charge in [-0.25, -0.2) is 4.98 Å². The molecule has 170 valence electrons. The van der Waals surface area contributed by atoms with E-state index in [1.165, 1.54) is 18.2 Å². The Labute approximate surface area is 189 Å². The molecule has 4 aromatic rings. The molecule has 0 fully saturated rings. The second-order valence-corrected chi connectivity index (χ2v) is 7.60. The molecular weight excluding hydrogens is 431 g/mol. The highest BCUT2D eigenvalue weighted by atomic mass is 19.4. The van der Waals surface area contributed by atoms with Crippen molar-refractivity contribution < 1.29 is 22.6 Å². The molecule has 0 saturated carbocycles. The van der Waals surface area contributed by atoms with E-state index in [-0.39, 0.29) is 5.75 Å². The zero-order chi connectivity index (χ0) is 23.4. The number of aromatic nitrogens is 3. The quantitative estimate of drug-likeness (QED) is 0.362. The van der Waals surface area contributed by atoms with E-state index in [0.717, 1.165) is 34.1 Å². The van der Waals surface area contributed by atoms with Gasteiger partial charge in [-0.1, -0.05) is 24.3 Å². The number of hydrogen-bond donors (Lipinski definition) is 0. The molecule has 0 aliphatic rings. The lowest BCUT2D eigenvalue weighted by atomic mass is 10.1. The van der Waals surface area contributed by atoms with Gasteiger partial charge in [0, 0.05) is 30.4 Å². The van der Waals surface area contributed by atoms with Crippen molar-refractivity contribution in [2.75, 3.05) is 7.11 Å². The van der Waals surface area contributed by atoms with Gasteiger partial charge in [-0.05, 0) is 54.4 Å². The summed E-state index contributed by atoms with van der Waals surface area (Å²) in [6.45, 7) is 1.93. The number of halogens is 3. The average Bonchev–Trinajstić information content (AvgIpc) is 3.19. The van der Waals surface area contributed by atoms with Crippen molar-refractivity contribution in [3.8, 4) is 17.2 Å². The Hall–Kier alpha value is -3.81. The van der Waals surface area contributed by atoms with Gasteiger partial charge >= 0.3 is 6.36 Å². The number of ether oxygens (including phenoxy) is 2. The van der Waals surface area contributed by atoms with Crippen LogP contribution in [0.3, 0.4) is 0 Å². The zero-order valence-corrected chi connectivity index (χ0v) is 18.1. The molecule has 0 saturated heterocycles. The van der Waals surface area contributed by atoms with Crippen LogP contribution in [0.5, 0.6) is 11.5 Å². The largest absolute Gasteiger partial charge is 0.573 e. The van der Waals surface area contributed by atoms with Crippen LogP contribution in [0, 0.1) is 6.92 Å². The van der Waals surface area contributed by atoms with Gasteiger partial charge in [0.2, 0.25) is 0 Å². The third-order valence-electron chi connectivity index (χ3n) is 5.00. The summed E-state index contributed by atoms with van der Waals surface area (Å²) in [6, 6.07) is 17.6. The number of methoxy groups -OCH3 is 1. The summed E-state index contributed by atoms with van der Waals surface area (Å²) in [5.41, 5.74) is 5.13. The minimum absolute atomic E-state index is 0.239. The molecule has 0 aliphatic heterocycles. The minimum atomic E-state index is -4.72. The van der Waals surface area contributed by atoms with Crippen molar-refractivity contribution in [2.24, 2.45) is 0 Å². The van der Waals surface area contributed by atoms with Gasteiger partial charge in [0.15, 0.2) is 0 Å². The molecule has 0 bridgehead atoms. The molecule has 0 N–H and O–H groups in total. The predicted molar refractivity (Wildman–Crippen MR) is 118 cm³/mol. The number of benzene rings is 2. The first-order chi connectivity index (χ1) is 15.8. The third-order valence-corrected chi connectivity index (χ3v) is 5.00. The van der Waals surface area contributed by atoms with E-state index in [0.29, 0.717) is 18.4 Å². The molecule has 0 spiro atoms. The van der Waals surface area contributed by atoms with Crippen LogP contribution in [0.2, 0.25) is 0 Å². The van der Waals surface area contributed by atoms with Crippen LogP contribution in [0.15, 0.2) is 73.2 Å². The summed E-state index contributed by atoms with van der Waals surface area (Å²) in [5, 5.41) is 0. The summed E-state index contributed by atoms with van der Waals surface area (Å²) in [6.07, 6.45) is -0.0657. The van der Waals surface area contributed by atoms with Gasteiger partial charge in [0.05, 0.1) is 24.8 Å². The Morgan fingerprint density at radius 3 is 2.24 bits per heavy atom. The number of imidazole rings is 1. The smallest absolute Gasteiger partial charge is 0.495 e. The van der Waals surface area contributed by atoms with Crippen molar-refractivity contribution in [3.63, 3.8) is 0 Å². The van der Waals surface area contributed by atoms with Gasteiger partial charge in [-0.2, -0.15) is 0 Å². The third kappa shape index (κ3) is 5.91. The van der Waals surface area contributed by atoms with E-state index < -0.39 is 6.36 Å². The monoisotopic (exact) mass is 453 g/mol. The van der Waals surface area contributed by atoms with Crippen LogP contribution in [0.1, 0.15) is 28.2 Å². The standard InChI is InChI=1S/C25H22F3N3O2/c1-17-15-31(16-29-17)23-10-9-19(14-24(23)32-2)12-21-7-4-6-20(30-21)11-18-5-3-8-22(13-18)33-25(26,27)28/h3-10,13-16H,11-12H2,1-2H3. The van der Waals surface area contributed by atoms with Crippen LogP contribution in [-0.4, -0.2) is 28.0 Å². The highest BCUT2D eigenvalue weighted by Crippen LogP contribution is 2.26. The lowest BCUT2D eigenvalue weighted by Gasteiger charge is -2.12. The summed E-state index contributed by atoms with van der Waals surface area (Å²) >= 11 is 0. The first-order valence-corrected chi connectivity index (χ1v) is 10.3. The molecule has 33 heavy (non-hydrogen) atoms. The Bertz CT molecular complexity index is 1250. The SMILES string of the molecule is COc1cc(Cc2cccc(Cc3cccc(OC(F)(F)F)c3)n2)ccc1-n1cnc(C)c1. The Morgan fingerprint density at radius 2 is 1.61 bits per heavy atom. The topological polar surface area (TPSA) is 49.2 Å². The van der Waals surface area contributed by atoms with Crippen molar-refractivity contribution in [1.29, 1.82) is 0 Å². The lowest BCUT2D eigenvalue weighted by molar-refractivity contribution is -0.274. The molecular formula is C25H22F3N3O2. The van der Waals surface area contributed by atoms with E-state index in [1.807, 2.05) is 54.1 Å². The van der Waals surface area contributed by atoms with E-state index >= 15 is 0 Å². The number of pyridine rings is 1. The second-order valence-electron chi connectivity index (χ2n) is 7.60. The molecule has 0 radical (unpaired) electrons. The number of rotatable bonds is 7. The van der Waals surface area contributed by atoms with E-state index in [2.05, 4.69) is 14.7 Å². The van der Waals surface area contributed by atoms with Gasteiger partial charge in [0.25, 0.3) is 0 Å². The Morgan fingerprint density at radius 1 is 0.909 bits per heavy atom. The molecule has 8 heteroatoms. The lowest BCUT2D eigenvalue weighted by Crippen LogP contribution is -2.17. The van der Waals surface area contributed by atoms with Gasteiger partial charge in [-0.3, -0.25) is 4.98 Å². The fraction of sp³-hybridized carbons (Fsp3) is 0.200. The van der Waals surface area contributed by atoms with Crippen molar-refractivity contribution in [2.45, 2.75) is 26.1 Å². The Balaban J connectivity index is 1.50. The average molecular weight is 453 g/mol. The molecule has 0 aliphatic carbocycles. The van der Waals surface area contributed by atoms with Crippen LogP contribution in [-0.2, 0) is 12.8 Å². The van der Waals surface area contributed by atoms with Crippen LogP contribution < -0.4 is 9.47 Å². The highest BCUT2D eigenvalue weighted by molar-refractivity contribution is 5.49. The second kappa shape index (κ2) is 9.36. The van der Waals surface area contributed by atoms with Crippen molar-refractivity contribution >= 4 is 0 Å². The highest BCUT2D eigenvalue weighted by Gasteiger charge is 2.31. The first kappa shape index (κ1) is 22.4. The molecule has 0 unspecified atom stereocenters. The van der Waals surface area contributed by atoms with Crippen molar-refractivity contribution in [1.82, 2.24) is 14.5 Å². The number of hydrogen-bond acceptors (Lipinski definition) is 4. The fourth-order valence-corrected chi connectivity index (χ4v) is 3.60. The maximum Gasteiger partial charge on any atom is 0.573 e. The molecule has 0 amide bonds. The molecule has 5 nitrogen and oxygen atoms in total. The zero-order valence-electron chi connectivity index (χ0n) is 18.1. The predicted octanol–water partition coefficient (Wildman–Crippen LogP) is 5.66. The fourth-order valence-electron chi connectivity index (χ4n) is 3.60. The van der Waals surface area contributed by atoms with Crippen LogP contribution >= 0.6 is 0 Å². The first-order valence-electron chi connectivity index (χ1n) is 10.3. The maximum atomic E-state index is 12.5. The van der Waals surface area contributed by atoms with Gasteiger partial charge < -0.3 is 14.0 Å². The molecule has 2 aromatic heterocycles. The molecule has 0 atom stereocenters. The number of aryl methyl sites for hydroxylation is 1. The summed E-state index contributed by atoms with van der Waals surface area (Å²) in [7, 11) is 1.63. The maximum absolute atomic E-state index is 12.5. The van der Waals surface area contributed by atoms with E-state index in [1.54, 1.807) is 19.5 Å². The minimum Gasteiger partial charge on any atom is -0.495 e. The number of nitrogens with zero attached hydrogens (tertiary/aromatic N) is 3. The van der Waals surface area contributed by atoms with E-state index in [9.17, 15) is 13.2 Å². The van der Waals surface area contributed by atoms with Gasteiger partial charge in [0.1, 0.15) is 11.5 Å². The molecule has 2 aromatic carbocycles. The normalized spacial score (nSPS) is 11.4. The van der Waals surface area contributed by atoms with Crippen molar-refractivity contribution in [3.05, 3.63) is 101 Å². The summed E-state index contributed by atoms with van der Waals surface area (Å²) in [5.74, 6) is 0.485. The summed E-state index contributed by atoms with van der Waals surface area (Å²) in [4.78, 5) is 8.95. The van der Waals surface area contributed by atoms with Crippen LogP contribution in [0.25, 0.3) is 5.69 Å². The molecule has 2 heterocycles. The number of alkyl halides is 3. The molecule has 4 rings (SSSR count). The van der Waals surface area contributed by atoms with Crippen LogP contribution in [0.4, 0.5) is 13.2 Å². The Kier molecular flexibility index (Phi) is 6.35. The summed E-state index contributed by atoms with van der Waals surface area (Å²) < 4.78 is 49.0.